The molecule has 0 aromatic heterocycles. The molecule has 2 saturated heterocycles. The highest BCUT2D eigenvalue weighted by Crippen LogP contribution is 2.24. The second-order valence-corrected chi connectivity index (χ2v) is 7.96. The average molecular weight is 411 g/mol. The van der Waals surface area contributed by atoms with E-state index >= 15 is 0 Å². The molecule has 28 heavy (non-hydrogen) atoms. The normalized spacial score (nSPS) is 22.1. The zero-order valence-corrected chi connectivity index (χ0v) is 17.6. The maximum absolute atomic E-state index is 12.7. The number of carbonyl (C=O) groups is 1. The van der Waals surface area contributed by atoms with Crippen molar-refractivity contribution in [2.75, 3.05) is 46.5 Å². The Morgan fingerprint density at radius 2 is 2.07 bits per heavy atom. The Morgan fingerprint density at radius 3 is 2.75 bits per heavy atom. The van der Waals surface area contributed by atoms with E-state index in [1.54, 1.807) is 7.11 Å². The van der Waals surface area contributed by atoms with Crippen molar-refractivity contribution in [1.29, 1.82) is 0 Å². The highest BCUT2D eigenvalue weighted by molar-refractivity contribution is 6.30. The quantitative estimate of drug-likeness (QED) is 0.691. The Labute approximate surface area is 172 Å². The van der Waals surface area contributed by atoms with Gasteiger partial charge in [0.15, 0.2) is 0 Å². The van der Waals surface area contributed by atoms with Crippen molar-refractivity contribution in [1.82, 2.24) is 9.80 Å². The highest BCUT2D eigenvalue weighted by atomic mass is 35.5. The molecule has 2 aliphatic heterocycles. The van der Waals surface area contributed by atoms with E-state index in [-0.39, 0.29) is 12.0 Å². The van der Waals surface area contributed by atoms with Crippen LogP contribution in [0, 0.1) is 0 Å². The van der Waals surface area contributed by atoms with E-state index in [0.29, 0.717) is 24.7 Å². The van der Waals surface area contributed by atoms with Gasteiger partial charge in [0.2, 0.25) is 0 Å². The monoisotopic (exact) mass is 410 g/mol. The summed E-state index contributed by atoms with van der Waals surface area (Å²) in [6.45, 7) is 6.95. The molecule has 0 bridgehead atoms. The molecule has 1 aromatic carbocycles. The van der Waals surface area contributed by atoms with Gasteiger partial charge in [0.05, 0.1) is 19.8 Å². The fourth-order valence-corrected chi connectivity index (χ4v) is 3.95. The molecule has 2 aliphatic rings. The largest absolute Gasteiger partial charge is 0.496 e. The van der Waals surface area contributed by atoms with Crippen LogP contribution < -0.4 is 4.74 Å². The van der Waals surface area contributed by atoms with Crippen LogP contribution in [0.3, 0.4) is 0 Å². The van der Waals surface area contributed by atoms with Crippen LogP contribution in [0.2, 0.25) is 5.02 Å². The van der Waals surface area contributed by atoms with E-state index in [2.05, 4.69) is 4.90 Å². The van der Waals surface area contributed by atoms with Gasteiger partial charge in [-0.3, -0.25) is 9.69 Å². The van der Waals surface area contributed by atoms with E-state index in [1.807, 2.05) is 30.0 Å². The Balaban J connectivity index is 1.44. The minimum Gasteiger partial charge on any atom is -0.496 e. The summed E-state index contributed by atoms with van der Waals surface area (Å²) in [5, 5.41) is 0.706. The summed E-state index contributed by atoms with van der Waals surface area (Å²) in [4.78, 5) is 16.9. The number of halogens is 1. The van der Waals surface area contributed by atoms with Gasteiger partial charge >= 0.3 is 0 Å². The third-order valence-electron chi connectivity index (χ3n) is 5.47. The smallest absolute Gasteiger partial charge is 0.251 e. The average Bonchev–Trinajstić information content (AvgIpc) is 2.73. The first-order chi connectivity index (χ1) is 13.6. The van der Waals surface area contributed by atoms with Crippen molar-refractivity contribution in [3.63, 3.8) is 0 Å². The molecule has 0 saturated carbocycles. The van der Waals surface area contributed by atoms with Crippen LogP contribution in [0.4, 0.5) is 0 Å². The van der Waals surface area contributed by atoms with E-state index in [0.717, 1.165) is 50.4 Å². The van der Waals surface area contributed by atoms with Crippen molar-refractivity contribution in [3.8, 4) is 5.75 Å². The number of ether oxygens (including phenoxy) is 3. The summed E-state index contributed by atoms with van der Waals surface area (Å²) in [5.41, 5.74) is 1.07. The number of hydrogen-bond acceptors (Lipinski definition) is 5. The molecule has 1 aromatic rings. The number of nitrogens with zero attached hydrogens (tertiary/aromatic N) is 2. The molecule has 2 atom stereocenters. The van der Waals surface area contributed by atoms with E-state index in [4.69, 9.17) is 25.8 Å². The number of carbonyl (C=O) groups excluding carboxylic acids is 1. The summed E-state index contributed by atoms with van der Waals surface area (Å²) in [6, 6.07) is 5.67. The number of rotatable bonds is 7. The first kappa shape index (κ1) is 21.4. The lowest BCUT2D eigenvalue weighted by Gasteiger charge is -2.36. The molecular formula is C21H31ClN2O4. The summed E-state index contributed by atoms with van der Waals surface area (Å²) < 4.78 is 16.9. The number of methoxy groups -OCH3 is 1. The molecular weight excluding hydrogens is 380 g/mol. The molecule has 6 nitrogen and oxygen atoms in total. The van der Waals surface area contributed by atoms with E-state index < -0.39 is 6.10 Å². The van der Waals surface area contributed by atoms with Crippen molar-refractivity contribution >= 4 is 17.5 Å². The maximum atomic E-state index is 12.7. The minimum atomic E-state index is -0.426. The summed E-state index contributed by atoms with van der Waals surface area (Å²) >= 11 is 6.13. The van der Waals surface area contributed by atoms with Gasteiger partial charge in [0, 0.05) is 49.9 Å². The van der Waals surface area contributed by atoms with Crippen LogP contribution in [0.15, 0.2) is 18.2 Å². The van der Waals surface area contributed by atoms with Crippen molar-refractivity contribution in [3.05, 3.63) is 28.8 Å². The second-order valence-electron chi connectivity index (χ2n) is 7.52. The molecule has 0 N–H and O–H groups in total. The van der Waals surface area contributed by atoms with Gasteiger partial charge in [-0.1, -0.05) is 11.6 Å². The first-order valence-corrected chi connectivity index (χ1v) is 10.5. The highest BCUT2D eigenvalue weighted by Gasteiger charge is 2.27. The number of amides is 1. The fourth-order valence-electron chi connectivity index (χ4n) is 3.76. The van der Waals surface area contributed by atoms with Crippen LogP contribution >= 0.6 is 11.6 Å². The summed E-state index contributed by atoms with van der Waals surface area (Å²) in [6.07, 6.45) is 3.03. The molecule has 1 amide bonds. The molecule has 0 spiro atoms. The summed E-state index contributed by atoms with van der Waals surface area (Å²) in [5.74, 6) is 0.908. The van der Waals surface area contributed by atoms with Crippen LogP contribution in [-0.2, 0) is 20.8 Å². The standard InChI is InChI=1S/C21H31ClN2O4/c1-16(28-15-19-5-3-4-12-27-19)21(25)24-10-8-23(9-11-24)14-17-13-18(22)6-7-20(17)26-2/h6-7,13,16,19H,3-5,8-12,14-15H2,1-2H3. The van der Waals surface area contributed by atoms with Gasteiger partial charge in [-0.05, 0) is 44.4 Å². The lowest BCUT2D eigenvalue weighted by molar-refractivity contribution is -0.147. The van der Waals surface area contributed by atoms with Crippen LogP contribution in [0.25, 0.3) is 0 Å². The number of benzene rings is 1. The third-order valence-corrected chi connectivity index (χ3v) is 5.71. The van der Waals surface area contributed by atoms with E-state index in [1.165, 1.54) is 6.42 Å². The van der Waals surface area contributed by atoms with Gasteiger partial charge in [-0.2, -0.15) is 0 Å². The third kappa shape index (κ3) is 5.83. The van der Waals surface area contributed by atoms with Gasteiger partial charge in [-0.15, -0.1) is 0 Å². The minimum absolute atomic E-state index is 0.0656. The lowest BCUT2D eigenvalue weighted by atomic mass is 10.1. The van der Waals surface area contributed by atoms with Crippen molar-refractivity contribution in [2.45, 2.75) is 44.9 Å². The van der Waals surface area contributed by atoms with Crippen molar-refractivity contribution in [2.24, 2.45) is 0 Å². The summed E-state index contributed by atoms with van der Waals surface area (Å²) in [7, 11) is 1.67. The molecule has 3 rings (SSSR count). The molecule has 7 heteroatoms. The topological polar surface area (TPSA) is 51.2 Å². The van der Waals surface area contributed by atoms with E-state index in [9.17, 15) is 4.79 Å². The van der Waals surface area contributed by atoms with Gasteiger partial charge in [0.25, 0.3) is 5.91 Å². The predicted molar refractivity (Wildman–Crippen MR) is 109 cm³/mol. The van der Waals surface area contributed by atoms with Gasteiger partial charge < -0.3 is 19.1 Å². The number of piperazine rings is 1. The Bertz CT molecular complexity index is 643. The molecule has 2 unspecified atom stereocenters. The van der Waals surface area contributed by atoms with Gasteiger partial charge in [-0.25, -0.2) is 0 Å². The fraction of sp³-hybridized carbons (Fsp3) is 0.667. The SMILES string of the molecule is COc1ccc(Cl)cc1CN1CCN(C(=O)C(C)OCC2CCCCO2)CC1. The molecule has 156 valence electrons. The van der Waals surface area contributed by atoms with Gasteiger partial charge in [0.1, 0.15) is 11.9 Å². The molecule has 2 heterocycles. The predicted octanol–water partition coefficient (Wildman–Crippen LogP) is 2.97. The number of hydrogen-bond donors (Lipinski definition) is 0. The Hall–Kier alpha value is -1.34. The zero-order chi connectivity index (χ0) is 19.9. The van der Waals surface area contributed by atoms with Crippen LogP contribution in [0.1, 0.15) is 31.7 Å². The Morgan fingerprint density at radius 1 is 1.29 bits per heavy atom. The maximum Gasteiger partial charge on any atom is 0.251 e. The lowest BCUT2D eigenvalue weighted by Crippen LogP contribution is -2.51. The zero-order valence-electron chi connectivity index (χ0n) is 16.9. The molecule has 2 fully saturated rings. The molecule has 0 radical (unpaired) electrons. The van der Waals surface area contributed by atoms with Crippen LogP contribution in [0.5, 0.6) is 5.75 Å². The Kier molecular flexibility index (Phi) is 7.97. The second kappa shape index (κ2) is 10.4. The first-order valence-electron chi connectivity index (χ1n) is 10.1. The van der Waals surface area contributed by atoms with Crippen LogP contribution in [-0.4, -0.2) is 74.4 Å². The molecule has 0 aliphatic carbocycles. The van der Waals surface area contributed by atoms with Crippen molar-refractivity contribution < 1.29 is 19.0 Å².